The second-order valence-corrected chi connectivity index (χ2v) is 5.56. The highest BCUT2D eigenvalue weighted by atomic mass is 16.2. The van der Waals surface area contributed by atoms with Crippen molar-refractivity contribution in [3.05, 3.63) is 65.7 Å². The summed E-state index contributed by atoms with van der Waals surface area (Å²) in [4.78, 5) is 28.4. The largest absolute Gasteiger partial charge is 0.341 e. The van der Waals surface area contributed by atoms with Crippen LogP contribution in [0.5, 0.6) is 0 Å². The van der Waals surface area contributed by atoms with Gasteiger partial charge in [0.25, 0.3) is 5.91 Å². The molecule has 1 atom stereocenters. The number of hydrogen-bond acceptors (Lipinski definition) is 2. The van der Waals surface area contributed by atoms with E-state index in [1.807, 2.05) is 48.5 Å². The number of para-hydroxylation sites is 1. The standard InChI is InChI=1S/C18H18N2O2/c1-19-12-16(14-10-6-7-11-15(14)17(19)21)18(22)20(2)13-8-4-3-5-9-13/h3-11,16H,12H2,1-2H3. The summed E-state index contributed by atoms with van der Waals surface area (Å²) >= 11 is 0. The van der Waals surface area contributed by atoms with Gasteiger partial charge in [0.15, 0.2) is 0 Å². The number of carbonyl (C=O) groups excluding carboxylic acids is 2. The van der Waals surface area contributed by atoms with Gasteiger partial charge in [0.1, 0.15) is 0 Å². The first-order valence-corrected chi connectivity index (χ1v) is 7.26. The summed E-state index contributed by atoms with van der Waals surface area (Å²) in [5.74, 6) is -0.357. The summed E-state index contributed by atoms with van der Waals surface area (Å²) < 4.78 is 0. The Hall–Kier alpha value is -2.62. The zero-order valence-electron chi connectivity index (χ0n) is 12.7. The number of amides is 2. The highest BCUT2D eigenvalue weighted by Crippen LogP contribution is 2.30. The van der Waals surface area contributed by atoms with Crippen LogP contribution >= 0.6 is 0 Å². The zero-order chi connectivity index (χ0) is 15.7. The minimum absolute atomic E-state index is 0.00185. The van der Waals surface area contributed by atoms with E-state index in [-0.39, 0.29) is 17.7 Å². The molecular weight excluding hydrogens is 276 g/mol. The van der Waals surface area contributed by atoms with Crippen molar-refractivity contribution in [1.82, 2.24) is 4.90 Å². The molecule has 1 aliphatic rings. The normalized spacial score (nSPS) is 17.1. The monoisotopic (exact) mass is 294 g/mol. The molecule has 0 aliphatic carbocycles. The van der Waals surface area contributed by atoms with Crippen LogP contribution in [0, 0.1) is 0 Å². The summed E-state index contributed by atoms with van der Waals surface area (Å²) in [7, 11) is 3.51. The molecule has 1 heterocycles. The van der Waals surface area contributed by atoms with E-state index in [0.717, 1.165) is 11.3 Å². The number of likely N-dealkylation sites (N-methyl/N-ethyl adjacent to an activating group) is 2. The van der Waals surface area contributed by atoms with Crippen molar-refractivity contribution in [2.75, 3.05) is 25.5 Å². The van der Waals surface area contributed by atoms with E-state index < -0.39 is 0 Å². The molecule has 0 saturated heterocycles. The van der Waals surface area contributed by atoms with Crippen LogP contribution in [0.3, 0.4) is 0 Å². The minimum Gasteiger partial charge on any atom is -0.341 e. The van der Waals surface area contributed by atoms with E-state index in [1.165, 1.54) is 0 Å². The van der Waals surface area contributed by atoms with Gasteiger partial charge in [-0.15, -0.1) is 0 Å². The van der Waals surface area contributed by atoms with Crippen LogP contribution in [-0.4, -0.2) is 37.4 Å². The number of fused-ring (bicyclic) bond motifs is 1. The Morgan fingerprint density at radius 3 is 2.45 bits per heavy atom. The molecule has 0 spiro atoms. The molecule has 112 valence electrons. The van der Waals surface area contributed by atoms with Gasteiger partial charge in [0, 0.05) is 31.9 Å². The van der Waals surface area contributed by atoms with E-state index in [4.69, 9.17) is 0 Å². The Morgan fingerprint density at radius 2 is 1.73 bits per heavy atom. The Labute approximate surface area is 130 Å². The Bertz CT molecular complexity index is 712. The molecule has 3 rings (SSSR count). The van der Waals surface area contributed by atoms with Crippen LogP contribution in [0.25, 0.3) is 0 Å². The molecule has 0 aromatic heterocycles. The summed E-state index contributed by atoms with van der Waals surface area (Å²) in [5.41, 5.74) is 2.29. The molecule has 2 aromatic rings. The Balaban J connectivity index is 1.96. The smallest absolute Gasteiger partial charge is 0.253 e. The number of benzene rings is 2. The third-order valence-corrected chi connectivity index (χ3v) is 4.14. The third kappa shape index (κ3) is 2.37. The summed E-state index contributed by atoms with van der Waals surface area (Å²) in [6.45, 7) is 0.409. The van der Waals surface area contributed by atoms with Crippen LogP contribution in [0.1, 0.15) is 21.8 Å². The van der Waals surface area contributed by atoms with Gasteiger partial charge in [0.05, 0.1) is 5.92 Å². The first-order valence-electron chi connectivity index (χ1n) is 7.26. The molecule has 4 heteroatoms. The lowest BCUT2D eigenvalue weighted by Gasteiger charge is -2.33. The zero-order valence-corrected chi connectivity index (χ0v) is 12.7. The number of hydrogen-bond donors (Lipinski definition) is 0. The fourth-order valence-electron chi connectivity index (χ4n) is 2.88. The van der Waals surface area contributed by atoms with Gasteiger partial charge < -0.3 is 9.80 Å². The summed E-state index contributed by atoms with van der Waals surface area (Å²) in [6, 6.07) is 16.9. The Kier molecular flexibility index (Phi) is 3.67. The topological polar surface area (TPSA) is 40.6 Å². The van der Waals surface area contributed by atoms with Gasteiger partial charge in [-0.3, -0.25) is 9.59 Å². The van der Waals surface area contributed by atoms with Crippen LogP contribution in [0.2, 0.25) is 0 Å². The predicted molar refractivity (Wildman–Crippen MR) is 86.0 cm³/mol. The van der Waals surface area contributed by atoms with Crippen molar-refractivity contribution in [3.63, 3.8) is 0 Å². The fourth-order valence-corrected chi connectivity index (χ4v) is 2.88. The first-order chi connectivity index (χ1) is 10.6. The molecule has 4 nitrogen and oxygen atoms in total. The van der Waals surface area contributed by atoms with Gasteiger partial charge in [-0.05, 0) is 23.8 Å². The van der Waals surface area contributed by atoms with Crippen LogP contribution < -0.4 is 4.90 Å². The molecule has 0 N–H and O–H groups in total. The fraction of sp³-hybridized carbons (Fsp3) is 0.222. The molecule has 22 heavy (non-hydrogen) atoms. The molecule has 0 bridgehead atoms. The lowest BCUT2D eigenvalue weighted by Crippen LogP contribution is -2.43. The molecule has 0 fully saturated rings. The van der Waals surface area contributed by atoms with Crippen LogP contribution in [0.15, 0.2) is 54.6 Å². The maximum Gasteiger partial charge on any atom is 0.253 e. The first kappa shape index (κ1) is 14.3. The van der Waals surface area contributed by atoms with E-state index in [9.17, 15) is 9.59 Å². The molecule has 1 aliphatic heterocycles. The van der Waals surface area contributed by atoms with Crippen LogP contribution in [-0.2, 0) is 4.79 Å². The predicted octanol–water partition coefficient (Wildman–Crippen LogP) is 2.52. The third-order valence-electron chi connectivity index (χ3n) is 4.14. The molecule has 0 radical (unpaired) electrons. The van der Waals surface area contributed by atoms with Crippen molar-refractivity contribution >= 4 is 17.5 Å². The quantitative estimate of drug-likeness (QED) is 0.854. The van der Waals surface area contributed by atoms with Gasteiger partial charge in [-0.25, -0.2) is 0 Å². The molecular formula is C18H18N2O2. The second-order valence-electron chi connectivity index (χ2n) is 5.56. The van der Waals surface area contributed by atoms with E-state index in [0.29, 0.717) is 12.1 Å². The van der Waals surface area contributed by atoms with Crippen molar-refractivity contribution in [2.45, 2.75) is 5.92 Å². The number of nitrogens with zero attached hydrogens (tertiary/aromatic N) is 2. The minimum atomic E-state index is -0.330. The average Bonchev–Trinajstić information content (AvgIpc) is 2.57. The van der Waals surface area contributed by atoms with Crippen molar-refractivity contribution < 1.29 is 9.59 Å². The average molecular weight is 294 g/mol. The number of carbonyl (C=O) groups is 2. The molecule has 2 aromatic carbocycles. The van der Waals surface area contributed by atoms with E-state index >= 15 is 0 Å². The SMILES string of the molecule is CN1CC(C(=O)N(C)c2ccccc2)c2ccccc2C1=O. The van der Waals surface area contributed by atoms with Gasteiger partial charge >= 0.3 is 0 Å². The molecule has 0 saturated carbocycles. The molecule has 2 amide bonds. The highest BCUT2D eigenvalue weighted by Gasteiger charge is 2.34. The lowest BCUT2D eigenvalue weighted by molar-refractivity contribution is -0.120. The van der Waals surface area contributed by atoms with Crippen LogP contribution in [0.4, 0.5) is 5.69 Å². The number of rotatable bonds is 2. The highest BCUT2D eigenvalue weighted by molar-refractivity contribution is 6.04. The van der Waals surface area contributed by atoms with E-state index in [1.54, 1.807) is 30.0 Å². The maximum atomic E-state index is 12.9. The molecule has 1 unspecified atom stereocenters. The van der Waals surface area contributed by atoms with Crippen molar-refractivity contribution in [2.24, 2.45) is 0 Å². The maximum absolute atomic E-state index is 12.9. The van der Waals surface area contributed by atoms with Gasteiger partial charge in [-0.1, -0.05) is 36.4 Å². The van der Waals surface area contributed by atoms with Crippen molar-refractivity contribution in [3.8, 4) is 0 Å². The van der Waals surface area contributed by atoms with Gasteiger partial charge in [0.2, 0.25) is 5.91 Å². The number of anilines is 1. The summed E-state index contributed by atoms with van der Waals surface area (Å²) in [5, 5.41) is 0. The Morgan fingerprint density at radius 1 is 1.09 bits per heavy atom. The lowest BCUT2D eigenvalue weighted by atomic mass is 9.88. The second kappa shape index (κ2) is 5.64. The van der Waals surface area contributed by atoms with Gasteiger partial charge in [-0.2, -0.15) is 0 Å². The van der Waals surface area contributed by atoms with E-state index in [2.05, 4.69) is 0 Å². The summed E-state index contributed by atoms with van der Waals surface area (Å²) in [6.07, 6.45) is 0. The van der Waals surface area contributed by atoms with Crippen molar-refractivity contribution in [1.29, 1.82) is 0 Å².